The average Bonchev–Trinajstić information content (AvgIpc) is 3.35. The van der Waals surface area contributed by atoms with Crippen molar-refractivity contribution in [2.45, 2.75) is 200 Å². The lowest BCUT2D eigenvalue weighted by molar-refractivity contribution is 0.384. The summed E-state index contributed by atoms with van der Waals surface area (Å²) in [5.74, 6) is 16.0. The first kappa shape index (κ1) is 51.0. The third kappa shape index (κ3) is 17.7. The van der Waals surface area contributed by atoms with Crippen LogP contribution in [0.15, 0.2) is 84.9 Å². The number of hydrogen-bond acceptors (Lipinski definition) is 2. The van der Waals surface area contributed by atoms with E-state index in [4.69, 9.17) is 0 Å². The van der Waals surface area contributed by atoms with E-state index in [9.17, 15) is 10.5 Å². The molecule has 2 aliphatic carbocycles. The van der Waals surface area contributed by atoms with E-state index in [1.807, 2.05) is 0 Å². The molecule has 0 atom stereocenters. The van der Waals surface area contributed by atoms with Gasteiger partial charge in [0.25, 0.3) is 0 Å². The molecular weight excluding hydrogens is 785 g/mol. The molecule has 0 heterocycles. The number of unbranched alkanes of at least 4 members (excludes halogenated alkanes) is 9. The Hall–Kier alpha value is -5.02. The minimum absolute atomic E-state index is 0.454. The number of aryl methyl sites for hydroxylation is 4. The fourth-order valence-electron chi connectivity index (χ4n) is 9.85. The first-order valence-electron chi connectivity index (χ1n) is 26.2. The Labute approximate surface area is 397 Å². The molecule has 0 aliphatic heterocycles. The summed E-state index contributed by atoms with van der Waals surface area (Å²) in [6.07, 6.45) is 30.6. The van der Waals surface area contributed by atoms with Gasteiger partial charge in [-0.15, -0.1) is 0 Å². The van der Waals surface area contributed by atoms with Crippen LogP contribution in [0.2, 0.25) is 0 Å². The first-order valence-corrected chi connectivity index (χ1v) is 26.2. The summed E-state index contributed by atoms with van der Waals surface area (Å²) < 4.78 is 0. The zero-order valence-electron chi connectivity index (χ0n) is 41.0. The summed E-state index contributed by atoms with van der Waals surface area (Å²) in [4.78, 5) is 0. The zero-order chi connectivity index (χ0) is 45.9. The van der Waals surface area contributed by atoms with Gasteiger partial charge in [0.2, 0.25) is 0 Å². The van der Waals surface area contributed by atoms with E-state index >= 15 is 0 Å². The Bertz CT molecular complexity index is 2190. The second-order valence-electron chi connectivity index (χ2n) is 19.3. The Morgan fingerprint density at radius 1 is 0.369 bits per heavy atom. The van der Waals surface area contributed by atoms with Crippen LogP contribution in [0.25, 0.3) is 0 Å². The van der Waals surface area contributed by atoms with Gasteiger partial charge in [0, 0.05) is 23.0 Å². The normalized spacial score (nSPS) is 17.8. The van der Waals surface area contributed by atoms with Crippen molar-refractivity contribution >= 4 is 0 Å². The van der Waals surface area contributed by atoms with Crippen LogP contribution >= 0.6 is 0 Å². The second-order valence-corrected chi connectivity index (χ2v) is 19.3. The Morgan fingerprint density at radius 2 is 0.738 bits per heavy atom. The summed E-state index contributed by atoms with van der Waals surface area (Å²) in [7, 11) is 0. The quantitative estimate of drug-likeness (QED) is 0.0696. The van der Waals surface area contributed by atoms with E-state index in [2.05, 4.69) is 148 Å². The van der Waals surface area contributed by atoms with E-state index in [1.165, 1.54) is 155 Å². The SMILES string of the molecule is CCCCCCCc1ccc(C#C[C@H]2CC[C@H](c3ccc(CCC)cc3)CC2)c(C#N)c1.CCCCCCCc1ccc(C#C[C@H]2CC[C@H](c3ccc(CCCC)cc3)CC2)c(C#N)c1. The van der Waals surface area contributed by atoms with E-state index in [-0.39, 0.29) is 0 Å². The minimum atomic E-state index is 0.454. The summed E-state index contributed by atoms with van der Waals surface area (Å²) in [6, 6.07) is 36.0. The van der Waals surface area contributed by atoms with Crippen LogP contribution in [-0.2, 0) is 25.7 Å². The van der Waals surface area contributed by atoms with Crippen molar-refractivity contribution in [3.05, 3.63) is 141 Å². The fourth-order valence-corrected chi connectivity index (χ4v) is 9.85. The van der Waals surface area contributed by atoms with Crippen molar-refractivity contribution in [2.24, 2.45) is 11.8 Å². The largest absolute Gasteiger partial charge is 0.192 e. The molecule has 2 saturated carbocycles. The molecule has 6 rings (SSSR count). The van der Waals surface area contributed by atoms with Crippen molar-refractivity contribution in [3.8, 4) is 35.8 Å². The molecule has 2 heteroatoms. The van der Waals surface area contributed by atoms with Crippen molar-refractivity contribution in [3.63, 3.8) is 0 Å². The van der Waals surface area contributed by atoms with Gasteiger partial charge >= 0.3 is 0 Å². The Morgan fingerprint density at radius 3 is 1.12 bits per heavy atom. The number of hydrogen-bond donors (Lipinski definition) is 0. The second kappa shape index (κ2) is 29.5. The molecular formula is C63H80N2. The molecule has 0 aromatic heterocycles. The predicted octanol–water partition coefficient (Wildman–Crippen LogP) is 17.1. The van der Waals surface area contributed by atoms with E-state index in [0.717, 1.165) is 60.8 Å². The molecule has 0 spiro atoms. The molecule has 342 valence electrons. The highest BCUT2D eigenvalue weighted by molar-refractivity contribution is 5.51. The molecule has 2 aliphatic rings. The lowest BCUT2D eigenvalue weighted by Crippen LogP contribution is -2.12. The molecule has 4 aromatic rings. The smallest absolute Gasteiger partial charge is 0.100 e. The standard InChI is InChI=1S/C32H41N.C31H39N/c1-3-5-7-8-9-11-28-17-23-31(32(24-28)25-33)22-16-27-14-20-30(21-15-27)29-18-12-26(13-19-29)10-6-4-2;1-3-5-6-7-8-10-27-16-22-30(31(23-27)24-32)21-15-26-13-19-29(20-14-26)28-17-11-25(9-4-2)12-18-28/h12-13,17-19,23-24,27,30H,3-11,14-15,20-21H2,1-2H3;11-12,16-18,22-23,26,29H,3-10,13-14,19-20H2,1-2H3/t27-,30-;26-,29-. The Kier molecular flexibility index (Phi) is 23.1. The molecule has 4 aromatic carbocycles. The number of rotatable bonds is 19. The van der Waals surface area contributed by atoms with Gasteiger partial charge in [0.1, 0.15) is 12.1 Å². The monoisotopic (exact) mass is 865 g/mol. The van der Waals surface area contributed by atoms with E-state index < -0.39 is 0 Å². The van der Waals surface area contributed by atoms with Crippen LogP contribution in [-0.4, -0.2) is 0 Å². The molecule has 0 N–H and O–H groups in total. The maximum atomic E-state index is 9.63. The molecule has 0 radical (unpaired) electrons. The van der Waals surface area contributed by atoms with Crippen LogP contribution in [0.5, 0.6) is 0 Å². The lowest BCUT2D eigenvalue weighted by Gasteiger charge is -2.26. The van der Waals surface area contributed by atoms with Crippen molar-refractivity contribution in [1.82, 2.24) is 0 Å². The number of nitrogens with zero attached hydrogens (tertiary/aromatic N) is 2. The third-order valence-corrected chi connectivity index (χ3v) is 14.1. The van der Waals surface area contributed by atoms with Gasteiger partial charge < -0.3 is 0 Å². The highest BCUT2D eigenvalue weighted by atomic mass is 14.3. The third-order valence-electron chi connectivity index (χ3n) is 14.1. The molecule has 0 amide bonds. The van der Waals surface area contributed by atoms with Gasteiger partial charge in [-0.2, -0.15) is 10.5 Å². The van der Waals surface area contributed by atoms with Crippen LogP contribution in [0.3, 0.4) is 0 Å². The van der Waals surface area contributed by atoms with Gasteiger partial charge in [-0.3, -0.25) is 0 Å². The van der Waals surface area contributed by atoms with Gasteiger partial charge in [-0.05, 0) is 166 Å². The first-order chi connectivity index (χ1) is 32.0. The summed E-state index contributed by atoms with van der Waals surface area (Å²) in [6.45, 7) is 8.98. The van der Waals surface area contributed by atoms with Crippen molar-refractivity contribution < 1.29 is 0 Å². The van der Waals surface area contributed by atoms with Gasteiger partial charge in [-0.25, -0.2) is 0 Å². The molecule has 0 bridgehead atoms. The van der Waals surface area contributed by atoms with Gasteiger partial charge in [0.15, 0.2) is 0 Å². The maximum absolute atomic E-state index is 9.63. The number of nitriles is 2. The fraction of sp³-hybridized carbons (Fsp3) is 0.524. The van der Waals surface area contributed by atoms with Crippen LogP contribution in [0.4, 0.5) is 0 Å². The van der Waals surface area contributed by atoms with Gasteiger partial charge in [0.05, 0.1) is 11.1 Å². The highest BCUT2D eigenvalue weighted by Crippen LogP contribution is 2.37. The zero-order valence-corrected chi connectivity index (χ0v) is 41.0. The molecule has 65 heavy (non-hydrogen) atoms. The van der Waals surface area contributed by atoms with Crippen molar-refractivity contribution in [1.29, 1.82) is 10.5 Å². The van der Waals surface area contributed by atoms with Crippen molar-refractivity contribution in [2.75, 3.05) is 0 Å². The molecule has 0 unspecified atom stereocenters. The minimum Gasteiger partial charge on any atom is -0.192 e. The highest BCUT2D eigenvalue weighted by Gasteiger charge is 2.22. The van der Waals surface area contributed by atoms with E-state index in [1.54, 1.807) is 0 Å². The molecule has 2 fully saturated rings. The summed E-state index contributed by atoms with van der Waals surface area (Å²) in [5, 5.41) is 19.2. The van der Waals surface area contributed by atoms with E-state index in [0.29, 0.717) is 23.7 Å². The maximum Gasteiger partial charge on any atom is 0.100 e. The lowest BCUT2D eigenvalue weighted by atomic mass is 9.78. The van der Waals surface area contributed by atoms with Gasteiger partial charge in [-0.1, -0.05) is 176 Å². The topological polar surface area (TPSA) is 47.6 Å². The number of benzene rings is 4. The van der Waals surface area contributed by atoms with Crippen LogP contribution in [0, 0.1) is 58.2 Å². The average molecular weight is 865 g/mol. The van der Waals surface area contributed by atoms with Crippen LogP contribution in [0.1, 0.15) is 230 Å². The summed E-state index contributed by atoms with van der Waals surface area (Å²) >= 11 is 0. The Balaban J connectivity index is 0.000000244. The molecule has 0 saturated heterocycles. The predicted molar refractivity (Wildman–Crippen MR) is 276 cm³/mol. The molecule has 2 nitrogen and oxygen atoms in total. The van der Waals surface area contributed by atoms with Crippen LogP contribution < -0.4 is 0 Å². The summed E-state index contributed by atoms with van der Waals surface area (Å²) in [5.41, 5.74) is 11.7.